The first-order valence-corrected chi connectivity index (χ1v) is 8.05. The quantitative estimate of drug-likeness (QED) is 0.580. The standard InChI is InChI=1S/C15H28N6/c1-3-17-15(18-8-11-20-10-7-16-13-20)19-12-14-6-5-9-21(14)4-2/h7,10,13-14H,3-6,8-9,11-12H2,1-2H3,(H2,17,18,19). The maximum absolute atomic E-state index is 4.74. The molecule has 0 radical (unpaired) electrons. The van der Waals surface area contributed by atoms with E-state index in [1.807, 2.05) is 12.5 Å². The Labute approximate surface area is 127 Å². The summed E-state index contributed by atoms with van der Waals surface area (Å²) in [6, 6.07) is 0.610. The molecule has 1 aromatic heterocycles. The molecule has 0 aliphatic carbocycles. The molecule has 0 saturated carbocycles. The van der Waals surface area contributed by atoms with Gasteiger partial charge >= 0.3 is 0 Å². The van der Waals surface area contributed by atoms with E-state index in [0.717, 1.165) is 38.7 Å². The Morgan fingerprint density at radius 3 is 3.00 bits per heavy atom. The van der Waals surface area contributed by atoms with Gasteiger partial charge in [0.1, 0.15) is 0 Å². The van der Waals surface area contributed by atoms with E-state index in [1.165, 1.54) is 19.4 Å². The van der Waals surface area contributed by atoms with Gasteiger partial charge in [0.15, 0.2) is 5.96 Å². The van der Waals surface area contributed by atoms with Crippen LogP contribution in [0.1, 0.15) is 26.7 Å². The molecule has 2 N–H and O–H groups in total. The van der Waals surface area contributed by atoms with Gasteiger partial charge < -0.3 is 15.2 Å². The first-order valence-electron chi connectivity index (χ1n) is 8.05. The topological polar surface area (TPSA) is 57.5 Å². The zero-order chi connectivity index (χ0) is 14.9. The molecule has 6 heteroatoms. The number of hydrogen-bond donors (Lipinski definition) is 2. The number of guanidine groups is 1. The van der Waals surface area contributed by atoms with Gasteiger partial charge in [-0.3, -0.25) is 9.89 Å². The molecular weight excluding hydrogens is 264 g/mol. The van der Waals surface area contributed by atoms with E-state index in [0.29, 0.717) is 6.04 Å². The van der Waals surface area contributed by atoms with Crippen LogP contribution >= 0.6 is 0 Å². The molecule has 118 valence electrons. The van der Waals surface area contributed by atoms with Gasteiger partial charge in [-0.2, -0.15) is 0 Å². The predicted octanol–water partition coefficient (Wildman–Crippen LogP) is 0.923. The van der Waals surface area contributed by atoms with Crippen molar-refractivity contribution in [3.8, 4) is 0 Å². The Bertz CT molecular complexity index is 414. The molecule has 1 aliphatic heterocycles. The largest absolute Gasteiger partial charge is 0.357 e. The summed E-state index contributed by atoms with van der Waals surface area (Å²) in [7, 11) is 0. The number of likely N-dealkylation sites (N-methyl/N-ethyl adjacent to an activating group) is 1. The van der Waals surface area contributed by atoms with Gasteiger partial charge in [0.2, 0.25) is 0 Å². The smallest absolute Gasteiger partial charge is 0.191 e. The van der Waals surface area contributed by atoms with Gasteiger partial charge in [-0.25, -0.2) is 4.98 Å². The minimum atomic E-state index is 0.610. The molecule has 1 atom stereocenters. The molecule has 6 nitrogen and oxygen atoms in total. The first kappa shape index (κ1) is 15.8. The third-order valence-electron chi connectivity index (χ3n) is 3.93. The van der Waals surface area contributed by atoms with Crippen molar-refractivity contribution in [2.45, 2.75) is 39.3 Å². The summed E-state index contributed by atoms with van der Waals surface area (Å²) < 4.78 is 2.06. The Morgan fingerprint density at radius 1 is 1.38 bits per heavy atom. The zero-order valence-electron chi connectivity index (χ0n) is 13.3. The van der Waals surface area contributed by atoms with Crippen molar-refractivity contribution >= 4 is 5.96 Å². The highest BCUT2D eigenvalue weighted by atomic mass is 15.2. The molecule has 1 saturated heterocycles. The highest BCUT2D eigenvalue weighted by Crippen LogP contribution is 2.16. The minimum absolute atomic E-state index is 0.610. The average molecular weight is 292 g/mol. The number of hydrogen-bond acceptors (Lipinski definition) is 3. The van der Waals surface area contributed by atoms with E-state index < -0.39 is 0 Å². The fourth-order valence-corrected chi connectivity index (χ4v) is 2.78. The lowest BCUT2D eigenvalue weighted by atomic mass is 10.2. The molecule has 0 spiro atoms. The van der Waals surface area contributed by atoms with Crippen molar-refractivity contribution in [2.24, 2.45) is 4.99 Å². The number of likely N-dealkylation sites (tertiary alicyclic amines) is 1. The fourth-order valence-electron chi connectivity index (χ4n) is 2.78. The molecule has 1 fully saturated rings. The van der Waals surface area contributed by atoms with Crippen LogP contribution in [0.15, 0.2) is 23.7 Å². The highest BCUT2D eigenvalue weighted by molar-refractivity contribution is 5.79. The maximum Gasteiger partial charge on any atom is 0.191 e. The van der Waals surface area contributed by atoms with Crippen molar-refractivity contribution in [1.29, 1.82) is 0 Å². The van der Waals surface area contributed by atoms with Crippen molar-refractivity contribution in [1.82, 2.24) is 25.1 Å². The molecular formula is C15H28N6. The Kier molecular flexibility index (Phi) is 6.53. The van der Waals surface area contributed by atoms with Crippen LogP contribution in [-0.4, -0.2) is 59.2 Å². The van der Waals surface area contributed by atoms with Crippen LogP contribution in [0.4, 0.5) is 0 Å². The Hall–Kier alpha value is -1.56. The molecule has 0 bridgehead atoms. The van der Waals surface area contributed by atoms with Crippen LogP contribution in [0.25, 0.3) is 0 Å². The summed E-state index contributed by atoms with van der Waals surface area (Å²) in [6.07, 6.45) is 8.19. The number of nitrogens with zero attached hydrogens (tertiary/aromatic N) is 4. The molecule has 0 aromatic carbocycles. The summed E-state index contributed by atoms with van der Waals surface area (Å²) in [6.45, 7) is 10.2. The van der Waals surface area contributed by atoms with E-state index in [-0.39, 0.29) is 0 Å². The third-order valence-corrected chi connectivity index (χ3v) is 3.93. The van der Waals surface area contributed by atoms with Crippen molar-refractivity contribution in [3.63, 3.8) is 0 Å². The average Bonchev–Trinajstić information content (AvgIpc) is 3.15. The second-order valence-electron chi connectivity index (χ2n) is 5.37. The zero-order valence-corrected chi connectivity index (χ0v) is 13.3. The van der Waals surface area contributed by atoms with Gasteiger partial charge in [0.25, 0.3) is 0 Å². The first-order chi connectivity index (χ1) is 10.3. The molecule has 1 unspecified atom stereocenters. The third kappa shape index (κ3) is 5.04. The second-order valence-corrected chi connectivity index (χ2v) is 5.37. The lowest BCUT2D eigenvalue weighted by Crippen LogP contribution is -2.40. The van der Waals surface area contributed by atoms with Gasteiger partial charge in [-0.05, 0) is 32.9 Å². The van der Waals surface area contributed by atoms with E-state index in [9.17, 15) is 0 Å². The van der Waals surface area contributed by atoms with Gasteiger partial charge in [0, 0.05) is 38.1 Å². The summed E-state index contributed by atoms with van der Waals surface area (Å²) >= 11 is 0. The summed E-state index contributed by atoms with van der Waals surface area (Å²) in [5, 5.41) is 6.70. The normalized spacial score (nSPS) is 19.9. The number of rotatable bonds is 7. The van der Waals surface area contributed by atoms with Crippen LogP contribution in [0, 0.1) is 0 Å². The SMILES string of the molecule is CCNC(=NCC1CCCN1CC)NCCn1ccnc1. The number of aromatic nitrogens is 2. The molecule has 1 aromatic rings. The van der Waals surface area contributed by atoms with Crippen molar-refractivity contribution < 1.29 is 0 Å². The van der Waals surface area contributed by atoms with Crippen LogP contribution in [0.2, 0.25) is 0 Å². The van der Waals surface area contributed by atoms with E-state index in [2.05, 4.69) is 38.9 Å². The van der Waals surface area contributed by atoms with Gasteiger partial charge in [0.05, 0.1) is 12.9 Å². The Balaban J connectivity index is 1.78. The van der Waals surface area contributed by atoms with Gasteiger partial charge in [-0.15, -0.1) is 0 Å². The fraction of sp³-hybridized carbons (Fsp3) is 0.733. The number of imidazole rings is 1. The number of aliphatic imine (C=N–C) groups is 1. The lowest BCUT2D eigenvalue weighted by molar-refractivity contribution is 0.273. The van der Waals surface area contributed by atoms with Crippen LogP contribution < -0.4 is 10.6 Å². The predicted molar refractivity (Wildman–Crippen MR) is 86.5 cm³/mol. The minimum Gasteiger partial charge on any atom is -0.357 e. The highest BCUT2D eigenvalue weighted by Gasteiger charge is 2.22. The molecule has 1 aliphatic rings. The van der Waals surface area contributed by atoms with Crippen LogP contribution in [0.3, 0.4) is 0 Å². The number of nitrogens with one attached hydrogen (secondary N) is 2. The van der Waals surface area contributed by atoms with Crippen LogP contribution in [0.5, 0.6) is 0 Å². The second kappa shape index (κ2) is 8.67. The molecule has 21 heavy (non-hydrogen) atoms. The molecule has 2 heterocycles. The molecule has 2 rings (SSSR count). The maximum atomic E-state index is 4.74. The summed E-state index contributed by atoms with van der Waals surface area (Å²) in [5.41, 5.74) is 0. The molecule has 0 amide bonds. The summed E-state index contributed by atoms with van der Waals surface area (Å²) in [4.78, 5) is 11.3. The lowest BCUT2D eigenvalue weighted by Gasteiger charge is -2.21. The monoisotopic (exact) mass is 292 g/mol. The van der Waals surface area contributed by atoms with E-state index in [1.54, 1.807) is 6.20 Å². The van der Waals surface area contributed by atoms with E-state index >= 15 is 0 Å². The van der Waals surface area contributed by atoms with Crippen LogP contribution in [-0.2, 0) is 6.54 Å². The van der Waals surface area contributed by atoms with Crippen molar-refractivity contribution in [2.75, 3.05) is 32.7 Å². The Morgan fingerprint density at radius 2 is 2.29 bits per heavy atom. The van der Waals surface area contributed by atoms with Crippen molar-refractivity contribution in [3.05, 3.63) is 18.7 Å². The van der Waals surface area contributed by atoms with Gasteiger partial charge in [-0.1, -0.05) is 6.92 Å². The summed E-state index contributed by atoms with van der Waals surface area (Å²) in [5.74, 6) is 0.917. The van der Waals surface area contributed by atoms with E-state index in [4.69, 9.17) is 4.99 Å².